The third-order valence-corrected chi connectivity index (χ3v) is 7.94. The first kappa shape index (κ1) is 16.2. The van der Waals surface area contributed by atoms with E-state index in [1.165, 1.54) is 11.1 Å². The number of allylic oxidation sites excluding steroid dienone is 2. The van der Waals surface area contributed by atoms with E-state index in [0.717, 1.165) is 44.9 Å². The molecule has 4 rings (SSSR count). The van der Waals surface area contributed by atoms with Gasteiger partial charge in [-0.2, -0.15) is 0 Å². The van der Waals surface area contributed by atoms with E-state index in [-0.39, 0.29) is 5.41 Å². The van der Waals surface area contributed by atoms with Gasteiger partial charge in [-0.1, -0.05) is 30.6 Å². The monoisotopic (exact) mass is 324 g/mol. The molecule has 0 amide bonds. The minimum absolute atomic E-state index is 0.189. The highest BCUT2D eigenvalue weighted by molar-refractivity contribution is 5.91. The van der Waals surface area contributed by atoms with Crippen LogP contribution in [0.5, 0.6) is 0 Å². The predicted molar refractivity (Wildman–Crippen MR) is 95.0 cm³/mol. The molecule has 4 aliphatic carbocycles. The van der Waals surface area contributed by atoms with Gasteiger partial charge in [0.15, 0.2) is 5.78 Å². The van der Waals surface area contributed by atoms with Crippen LogP contribution < -0.4 is 0 Å². The normalized spacial score (nSPS) is 47.3. The fourth-order valence-electron chi connectivity index (χ4n) is 6.90. The van der Waals surface area contributed by atoms with Gasteiger partial charge in [-0.15, -0.1) is 6.42 Å². The Balaban J connectivity index is 1.74. The van der Waals surface area contributed by atoms with E-state index in [4.69, 9.17) is 6.42 Å². The second-order valence-electron chi connectivity index (χ2n) is 8.55. The Hall–Kier alpha value is -1.33. The van der Waals surface area contributed by atoms with Gasteiger partial charge in [-0.25, -0.2) is 0 Å². The van der Waals surface area contributed by atoms with Crippen LogP contribution in [0.4, 0.5) is 0 Å². The number of ketones is 1. The molecule has 2 heteroatoms. The number of hydrogen-bond donors (Lipinski definition) is 1. The van der Waals surface area contributed by atoms with Crippen molar-refractivity contribution in [2.75, 3.05) is 0 Å². The smallest absolute Gasteiger partial charge is 0.155 e. The molecule has 128 valence electrons. The van der Waals surface area contributed by atoms with Crippen molar-refractivity contribution >= 4 is 5.78 Å². The van der Waals surface area contributed by atoms with Gasteiger partial charge in [0, 0.05) is 11.8 Å². The van der Waals surface area contributed by atoms with Crippen molar-refractivity contribution in [2.24, 2.45) is 29.1 Å². The van der Waals surface area contributed by atoms with Gasteiger partial charge in [0.25, 0.3) is 0 Å². The zero-order chi connectivity index (χ0) is 17.1. The number of terminal acetylenes is 1. The maximum atomic E-state index is 11.8. The van der Waals surface area contributed by atoms with E-state index >= 15 is 0 Å². The van der Waals surface area contributed by atoms with Gasteiger partial charge in [-0.3, -0.25) is 4.79 Å². The van der Waals surface area contributed by atoms with Crippen LogP contribution >= 0.6 is 0 Å². The molecule has 0 aliphatic heterocycles. The molecule has 1 unspecified atom stereocenters. The van der Waals surface area contributed by atoms with Gasteiger partial charge in [0.1, 0.15) is 5.60 Å². The summed E-state index contributed by atoms with van der Waals surface area (Å²) in [6.45, 7) is 6.65. The summed E-state index contributed by atoms with van der Waals surface area (Å²) in [5.41, 5.74) is 1.48. The maximum Gasteiger partial charge on any atom is 0.155 e. The second kappa shape index (κ2) is 5.33. The molecule has 6 atom stereocenters. The highest BCUT2D eigenvalue weighted by Gasteiger charge is 2.64. The van der Waals surface area contributed by atoms with Gasteiger partial charge >= 0.3 is 0 Å². The lowest BCUT2D eigenvalue weighted by molar-refractivity contribution is -0.116. The Kier molecular flexibility index (Phi) is 3.59. The first-order valence-corrected chi connectivity index (χ1v) is 9.57. The maximum absolute atomic E-state index is 11.8. The van der Waals surface area contributed by atoms with Crippen molar-refractivity contribution in [3.8, 4) is 12.3 Å². The molecular weight excluding hydrogens is 296 g/mol. The topological polar surface area (TPSA) is 37.3 Å². The van der Waals surface area contributed by atoms with Gasteiger partial charge in [-0.05, 0) is 74.7 Å². The zero-order valence-electron chi connectivity index (χ0n) is 14.7. The largest absolute Gasteiger partial charge is 0.377 e. The highest BCUT2D eigenvalue weighted by atomic mass is 16.3. The summed E-state index contributed by atoms with van der Waals surface area (Å²) in [6.07, 6.45) is 15.1. The van der Waals surface area contributed by atoms with Crippen LogP contribution in [0.1, 0.15) is 58.3 Å². The van der Waals surface area contributed by atoms with Crippen LogP contribution in [0.3, 0.4) is 0 Å². The Morgan fingerprint density at radius 3 is 2.88 bits per heavy atom. The van der Waals surface area contributed by atoms with E-state index in [1.807, 2.05) is 6.08 Å². The van der Waals surface area contributed by atoms with Crippen molar-refractivity contribution in [1.29, 1.82) is 0 Å². The minimum Gasteiger partial charge on any atom is -0.377 e. The van der Waals surface area contributed by atoms with Crippen molar-refractivity contribution in [1.82, 2.24) is 0 Å². The van der Waals surface area contributed by atoms with Crippen LogP contribution in [-0.4, -0.2) is 16.5 Å². The molecule has 0 aromatic rings. The zero-order valence-corrected chi connectivity index (χ0v) is 14.7. The lowest BCUT2D eigenvalue weighted by Crippen LogP contribution is -2.54. The van der Waals surface area contributed by atoms with E-state index in [9.17, 15) is 9.90 Å². The highest BCUT2D eigenvalue weighted by Crippen LogP contribution is 2.67. The molecule has 0 saturated heterocycles. The number of fused-ring (bicyclic) bond motifs is 5. The van der Waals surface area contributed by atoms with Crippen molar-refractivity contribution in [3.63, 3.8) is 0 Å². The average molecular weight is 324 g/mol. The number of carbonyl (C=O) groups is 1. The second-order valence-corrected chi connectivity index (χ2v) is 8.55. The Labute approximate surface area is 145 Å². The lowest BCUT2D eigenvalue weighted by Gasteiger charge is -2.56. The van der Waals surface area contributed by atoms with Crippen molar-refractivity contribution in [3.05, 3.63) is 23.8 Å². The molecule has 0 bridgehead atoms. The van der Waals surface area contributed by atoms with Gasteiger partial charge in [0.2, 0.25) is 0 Å². The number of aliphatic hydroxyl groups is 1. The number of rotatable bonds is 1. The molecule has 2 nitrogen and oxygen atoms in total. The van der Waals surface area contributed by atoms with E-state index in [0.29, 0.717) is 35.9 Å². The average Bonchev–Trinajstić information content (AvgIpc) is 2.88. The summed E-state index contributed by atoms with van der Waals surface area (Å²) in [4.78, 5) is 11.8. The molecule has 24 heavy (non-hydrogen) atoms. The third-order valence-electron chi connectivity index (χ3n) is 7.94. The Morgan fingerprint density at radius 2 is 2.17 bits per heavy atom. The van der Waals surface area contributed by atoms with E-state index < -0.39 is 5.60 Å². The number of carbonyl (C=O) groups excluding carboxylic acids is 1. The summed E-state index contributed by atoms with van der Waals surface area (Å²) < 4.78 is 0. The molecule has 0 aromatic heterocycles. The summed E-state index contributed by atoms with van der Waals surface area (Å²) >= 11 is 0. The summed E-state index contributed by atoms with van der Waals surface area (Å²) in [5, 5.41) is 11.2. The molecule has 3 saturated carbocycles. The molecular formula is C22H28O2. The van der Waals surface area contributed by atoms with Gasteiger partial charge in [0.05, 0.1) is 0 Å². The van der Waals surface area contributed by atoms with E-state index in [1.54, 1.807) is 0 Å². The van der Waals surface area contributed by atoms with Crippen LogP contribution in [0.15, 0.2) is 23.8 Å². The number of hydrogen-bond acceptors (Lipinski definition) is 2. The Morgan fingerprint density at radius 1 is 1.38 bits per heavy atom. The lowest BCUT2D eigenvalue weighted by atomic mass is 9.48. The minimum atomic E-state index is -0.973. The van der Waals surface area contributed by atoms with Crippen molar-refractivity contribution < 1.29 is 9.90 Å². The van der Waals surface area contributed by atoms with Gasteiger partial charge < -0.3 is 5.11 Å². The molecule has 0 heterocycles. The first-order valence-electron chi connectivity index (χ1n) is 9.57. The molecule has 3 fully saturated rings. The third kappa shape index (κ3) is 1.91. The fourth-order valence-corrected chi connectivity index (χ4v) is 6.90. The molecule has 0 spiro atoms. The van der Waals surface area contributed by atoms with Crippen LogP contribution in [0.25, 0.3) is 0 Å². The first-order chi connectivity index (χ1) is 11.5. The molecule has 1 N–H and O–H groups in total. The quantitative estimate of drug-likeness (QED) is 0.583. The fraction of sp³-hybridized carbons (Fsp3) is 0.682. The van der Waals surface area contributed by atoms with Crippen LogP contribution in [0, 0.1) is 41.4 Å². The molecule has 4 aliphatic rings. The summed E-state index contributed by atoms with van der Waals surface area (Å²) in [6, 6.07) is 0. The standard InChI is InChI=1S/C22H28O2/c1-4-21-13-14(3)20-17-9-7-16(23)12-15(17)6-8-18(20)19(21)10-11-22(21,24)5-2/h2,12,17-20,24H,3-4,6-11,13H2,1H3/t17?,18-,19-,20+,21-,22-/m0/s1. The summed E-state index contributed by atoms with van der Waals surface area (Å²) in [5.74, 6) is 5.13. The SMILES string of the molecule is C#C[C@]1(O)CC[C@H]2[C@@H]3CCC4=CC(=O)CCC4[C@H]3C(=C)C[C@@]21CC. The summed E-state index contributed by atoms with van der Waals surface area (Å²) in [7, 11) is 0. The molecule has 0 radical (unpaired) electrons. The van der Waals surface area contributed by atoms with Crippen molar-refractivity contribution in [2.45, 2.75) is 63.9 Å². The van der Waals surface area contributed by atoms with E-state index in [2.05, 4.69) is 19.4 Å². The molecule has 0 aromatic carbocycles. The Bertz CT molecular complexity index is 666. The predicted octanol–water partition coefficient (Wildman–Crippen LogP) is 4.05. The van der Waals surface area contributed by atoms with Crippen LogP contribution in [0.2, 0.25) is 0 Å². The van der Waals surface area contributed by atoms with Crippen LogP contribution in [-0.2, 0) is 4.79 Å².